The Morgan fingerprint density at radius 3 is 2.81 bits per heavy atom. The van der Waals surface area contributed by atoms with Crippen LogP contribution in [0, 0.1) is 5.92 Å². The molecule has 5 heteroatoms. The van der Waals surface area contributed by atoms with Crippen molar-refractivity contribution in [2.45, 2.75) is 33.7 Å². The Labute approximate surface area is 126 Å². The van der Waals surface area contributed by atoms with E-state index in [1.807, 2.05) is 19.1 Å². The van der Waals surface area contributed by atoms with E-state index in [1.54, 1.807) is 6.07 Å². The number of amides is 1. The van der Waals surface area contributed by atoms with Gasteiger partial charge in [0.15, 0.2) is 11.5 Å². The van der Waals surface area contributed by atoms with Crippen LogP contribution < -0.4 is 15.4 Å². The second-order valence-electron chi connectivity index (χ2n) is 5.32. The molecule has 0 bridgehead atoms. The number of carbonyl (C=O) groups is 1. The van der Waals surface area contributed by atoms with Crippen LogP contribution in [0.1, 0.15) is 32.8 Å². The zero-order valence-electron chi connectivity index (χ0n) is 13.1. The van der Waals surface area contributed by atoms with Crippen molar-refractivity contribution in [1.82, 2.24) is 10.6 Å². The minimum atomic E-state index is 0.0449. The molecule has 0 aliphatic heterocycles. The summed E-state index contributed by atoms with van der Waals surface area (Å²) in [4.78, 5) is 11.5. The van der Waals surface area contributed by atoms with Gasteiger partial charge in [0.05, 0.1) is 6.61 Å². The molecule has 1 rings (SSSR count). The Morgan fingerprint density at radius 1 is 1.38 bits per heavy atom. The van der Waals surface area contributed by atoms with E-state index in [4.69, 9.17) is 4.74 Å². The molecule has 5 nitrogen and oxygen atoms in total. The number of aromatic hydroxyl groups is 1. The zero-order valence-corrected chi connectivity index (χ0v) is 13.1. The molecular formula is C16H26N2O3. The summed E-state index contributed by atoms with van der Waals surface area (Å²) in [6.07, 6.45) is 0.429. The molecule has 0 heterocycles. The number of hydrogen-bond donors (Lipinski definition) is 3. The molecule has 0 aliphatic rings. The number of benzene rings is 1. The lowest BCUT2D eigenvalue weighted by Crippen LogP contribution is -2.30. The van der Waals surface area contributed by atoms with Crippen molar-refractivity contribution in [3.63, 3.8) is 0 Å². The highest BCUT2D eigenvalue weighted by molar-refractivity contribution is 5.76. The van der Waals surface area contributed by atoms with Crippen molar-refractivity contribution in [2.24, 2.45) is 5.92 Å². The van der Waals surface area contributed by atoms with Crippen molar-refractivity contribution in [3.8, 4) is 11.5 Å². The molecular weight excluding hydrogens is 268 g/mol. The van der Waals surface area contributed by atoms with Crippen LogP contribution in [0.15, 0.2) is 18.2 Å². The molecule has 1 aromatic rings. The minimum Gasteiger partial charge on any atom is -0.504 e. The molecule has 0 atom stereocenters. The van der Waals surface area contributed by atoms with E-state index in [2.05, 4.69) is 24.5 Å². The maximum atomic E-state index is 11.5. The highest BCUT2D eigenvalue weighted by Gasteiger charge is 2.07. The van der Waals surface area contributed by atoms with Crippen LogP contribution in [0.4, 0.5) is 0 Å². The number of nitrogens with one attached hydrogen (secondary N) is 2. The van der Waals surface area contributed by atoms with Gasteiger partial charge in [-0.1, -0.05) is 26.0 Å². The number of phenols is 1. The Morgan fingerprint density at radius 2 is 2.14 bits per heavy atom. The number of ether oxygens (including phenoxy) is 1. The van der Waals surface area contributed by atoms with E-state index in [0.29, 0.717) is 44.3 Å². The molecule has 1 aromatic carbocycles. The average molecular weight is 294 g/mol. The highest BCUT2D eigenvalue weighted by Crippen LogP contribution is 2.29. The molecule has 3 N–H and O–H groups in total. The molecule has 0 aromatic heterocycles. The molecule has 1 amide bonds. The Balaban J connectivity index is 2.33. The van der Waals surface area contributed by atoms with Crippen LogP contribution >= 0.6 is 0 Å². The minimum absolute atomic E-state index is 0.0449. The second kappa shape index (κ2) is 9.23. The van der Waals surface area contributed by atoms with E-state index >= 15 is 0 Å². The van der Waals surface area contributed by atoms with Gasteiger partial charge in [0, 0.05) is 31.6 Å². The first-order valence-electron chi connectivity index (χ1n) is 7.45. The van der Waals surface area contributed by atoms with E-state index in [0.717, 1.165) is 5.56 Å². The third-order valence-corrected chi connectivity index (χ3v) is 2.93. The summed E-state index contributed by atoms with van der Waals surface area (Å²) in [6.45, 7) is 8.29. The Bertz CT molecular complexity index is 447. The smallest absolute Gasteiger partial charge is 0.221 e. The fraction of sp³-hybridized carbons (Fsp3) is 0.562. The van der Waals surface area contributed by atoms with Crippen molar-refractivity contribution < 1.29 is 14.6 Å². The van der Waals surface area contributed by atoms with Crippen LogP contribution in [0.25, 0.3) is 0 Å². The number of phenolic OH excluding ortho intramolecular Hbond substituents is 1. The summed E-state index contributed by atoms with van der Waals surface area (Å²) in [6, 6.07) is 5.42. The number of rotatable bonds is 9. The van der Waals surface area contributed by atoms with Gasteiger partial charge in [-0.2, -0.15) is 0 Å². The van der Waals surface area contributed by atoms with Crippen molar-refractivity contribution in [2.75, 3.05) is 19.7 Å². The quantitative estimate of drug-likeness (QED) is 0.610. The summed E-state index contributed by atoms with van der Waals surface area (Å²) in [5.41, 5.74) is 0.767. The van der Waals surface area contributed by atoms with E-state index in [9.17, 15) is 9.90 Å². The summed E-state index contributed by atoms with van der Waals surface area (Å²) in [5.74, 6) is 1.16. The van der Waals surface area contributed by atoms with E-state index in [1.165, 1.54) is 0 Å². The van der Waals surface area contributed by atoms with Crippen molar-refractivity contribution in [1.29, 1.82) is 0 Å². The van der Waals surface area contributed by atoms with E-state index in [-0.39, 0.29) is 11.7 Å². The standard InChI is InChI=1S/C16H26N2O3/c1-4-21-14-7-5-6-13(16(14)20)11-17-9-8-15(19)18-10-12(2)3/h5-7,12,17,20H,4,8-11H2,1-3H3,(H,18,19). The molecule has 0 spiro atoms. The maximum Gasteiger partial charge on any atom is 0.221 e. The van der Waals surface area contributed by atoms with Crippen molar-refractivity contribution >= 4 is 5.91 Å². The molecule has 0 saturated carbocycles. The number of hydrogen-bond acceptors (Lipinski definition) is 4. The lowest BCUT2D eigenvalue weighted by Gasteiger charge is -2.11. The zero-order chi connectivity index (χ0) is 15.7. The van der Waals surface area contributed by atoms with Gasteiger partial charge in [0.25, 0.3) is 0 Å². The van der Waals surface area contributed by atoms with Gasteiger partial charge in [-0.3, -0.25) is 4.79 Å². The fourth-order valence-electron chi connectivity index (χ4n) is 1.81. The van der Waals surface area contributed by atoms with E-state index < -0.39 is 0 Å². The first kappa shape index (κ1) is 17.3. The summed E-state index contributed by atoms with van der Waals surface area (Å²) < 4.78 is 5.33. The lowest BCUT2D eigenvalue weighted by molar-refractivity contribution is -0.121. The van der Waals surface area contributed by atoms with Crippen molar-refractivity contribution in [3.05, 3.63) is 23.8 Å². The van der Waals surface area contributed by atoms with Gasteiger partial charge < -0.3 is 20.5 Å². The Kier molecular flexibility index (Phi) is 7.61. The summed E-state index contributed by atoms with van der Waals surface area (Å²) in [5, 5.41) is 16.1. The van der Waals surface area contributed by atoms with Gasteiger partial charge >= 0.3 is 0 Å². The monoisotopic (exact) mass is 294 g/mol. The third kappa shape index (κ3) is 6.49. The second-order valence-corrected chi connectivity index (χ2v) is 5.32. The summed E-state index contributed by atoms with van der Waals surface area (Å²) >= 11 is 0. The van der Waals surface area contributed by atoms with Crippen LogP contribution in [-0.2, 0) is 11.3 Å². The fourth-order valence-corrected chi connectivity index (χ4v) is 1.81. The first-order chi connectivity index (χ1) is 10.0. The molecule has 118 valence electrons. The SMILES string of the molecule is CCOc1cccc(CNCCC(=O)NCC(C)C)c1O. The maximum absolute atomic E-state index is 11.5. The summed E-state index contributed by atoms with van der Waals surface area (Å²) in [7, 11) is 0. The van der Waals surface area contributed by atoms with Gasteiger partial charge in [0.2, 0.25) is 5.91 Å². The van der Waals surface area contributed by atoms with Crippen LogP contribution in [0.5, 0.6) is 11.5 Å². The highest BCUT2D eigenvalue weighted by atomic mass is 16.5. The molecule has 0 aliphatic carbocycles. The number of para-hydroxylation sites is 1. The van der Waals surface area contributed by atoms with Crippen LogP contribution in [0.2, 0.25) is 0 Å². The predicted molar refractivity (Wildman–Crippen MR) is 83.4 cm³/mol. The van der Waals surface area contributed by atoms with Crippen LogP contribution in [-0.4, -0.2) is 30.7 Å². The van der Waals surface area contributed by atoms with Crippen LogP contribution in [0.3, 0.4) is 0 Å². The number of carbonyl (C=O) groups excluding carboxylic acids is 1. The first-order valence-corrected chi connectivity index (χ1v) is 7.45. The normalized spacial score (nSPS) is 10.7. The van der Waals surface area contributed by atoms with Gasteiger partial charge in [-0.15, -0.1) is 0 Å². The molecule has 0 unspecified atom stereocenters. The molecule has 21 heavy (non-hydrogen) atoms. The lowest BCUT2D eigenvalue weighted by atomic mass is 10.2. The third-order valence-electron chi connectivity index (χ3n) is 2.93. The molecule has 0 fully saturated rings. The predicted octanol–water partition coefficient (Wildman–Crippen LogP) is 2.04. The molecule has 0 saturated heterocycles. The van der Waals surface area contributed by atoms with Gasteiger partial charge in [-0.25, -0.2) is 0 Å². The van der Waals surface area contributed by atoms with Gasteiger partial charge in [-0.05, 0) is 18.9 Å². The Hall–Kier alpha value is -1.75. The topological polar surface area (TPSA) is 70.6 Å². The molecule has 0 radical (unpaired) electrons. The largest absolute Gasteiger partial charge is 0.504 e. The van der Waals surface area contributed by atoms with Gasteiger partial charge in [0.1, 0.15) is 0 Å². The average Bonchev–Trinajstić information content (AvgIpc) is 2.45.